The summed E-state index contributed by atoms with van der Waals surface area (Å²) >= 11 is 2.97. The number of benzene rings is 1. The van der Waals surface area contributed by atoms with Crippen LogP contribution in [0.25, 0.3) is 0 Å². The van der Waals surface area contributed by atoms with Crippen molar-refractivity contribution >= 4 is 21.8 Å². The third-order valence-electron chi connectivity index (χ3n) is 1.95. The standard InChI is InChI=1S/C10H9BrF3NO2/c11-5-2-1-3-6(12)8(5)10(17)15-4-7(16)9(13)14/h1-3,7,9,16H,4H2,(H,15,17). The van der Waals surface area contributed by atoms with Crippen molar-refractivity contribution in [2.75, 3.05) is 6.54 Å². The van der Waals surface area contributed by atoms with E-state index in [1.165, 1.54) is 12.1 Å². The lowest BCUT2D eigenvalue weighted by Gasteiger charge is -2.11. The van der Waals surface area contributed by atoms with E-state index in [1.54, 1.807) is 0 Å². The van der Waals surface area contributed by atoms with Crippen molar-refractivity contribution in [1.82, 2.24) is 5.32 Å². The van der Waals surface area contributed by atoms with Gasteiger partial charge < -0.3 is 10.4 Å². The Balaban J connectivity index is 2.71. The zero-order valence-electron chi connectivity index (χ0n) is 8.46. The van der Waals surface area contributed by atoms with Crippen molar-refractivity contribution in [3.63, 3.8) is 0 Å². The van der Waals surface area contributed by atoms with Gasteiger partial charge in [-0.2, -0.15) is 0 Å². The molecule has 0 bridgehead atoms. The molecule has 0 aromatic heterocycles. The van der Waals surface area contributed by atoms with Crippen LogP contribution < -0.4 is 5.32 Å². The molecule has 1 aromatic carbocycles. The van der Waals surface area contributed by atoms with Gasteiger partial charge in [-0.05, 0) is 28.1 Å². The van der Waals surface area contributed by atoms with Gasteiger partial charge in [-0.25, -0.2) is 13.2 Å². The predicted octanol–water partition coefficient (Wildman–Crippen LogP) is 1.94. The Morgan fingerprint density at radius 3 is 2.65 bits per heavy atom. The van der Waals surface area contributed by atoms with Crippen LogP contribution >= 0.6 is 15.9 Å². The summed E-state index contributed by atoms with van der Waals surface area (Å²) in [6.45, 7) is -0.642. The molecule has 0 saturated heterocycles. The predicted molar refractivity (Wildman–Crippen MR) is 58.4 cm³/mol. The summed E-state index contributed by atoms with van der Waals surface area (Å²) in [5, 5.41) is 10.8. The normalized spacial score (nSPS) is 12.6. The molecule has 0 saturated carbocycles. The maximum absolute atomic E-state index is 13.3. The maximum atomic E-state index is 13.3. The Kier molecular flexibility index (Phi) is 4.95. The number of carbonyl (C=O) groups is 1. The second-order valence-electron chi connectivity index (χ2n) is 3.21. The first-order chi connectivity index (χ1) is 7.93. The van der Waals surface area contributed by atoms with E-state index < -0.39 is 30.8 Å². The third-order valence-corrected chi connectivity index (χ3v) is 2.61. The number of rotatable bonds is 4. The van der Waals surface area contributed by atoms with Gasteiger partial charge in [-0.15, -0.1) is 0 Å². The Labute approximate surface area is 104 Å². The van der Waals surface area contributed by atoms with Crippen molar-refractivity contribution in [3.8, 4) is 0 Å². The Morgan fingerprint density at radius 2 is 2.12 bits per heavy atom. The Bertz CT molecular complexity index is 394. The summed E-state index contributed by atoms with van der Waals surface area (Å²) in [6, 6.07) is 3.91. The molecule has 1 amide bonds. The van der Waals surface area contributed by atoms with Crippen molar-refractivity contribution in [3.05, 3.63) is 34.1 Å². The summed E-state index contributed by atoms with van der Waals surface area (Å²) < 4.78 is 37.4. The lowest BCUT2D eigenvalue weighted by Crippen LogP contribution is -2.36. The number of nitrogens with one attached hydrogen (secondary N) is 1. The molecule has 0 aliphatic rings. The minimum atomic E-state index is -2.96. The van der Waals surface area contributed by atoms with Gasteiger partial charge >= 0.3 is 0 Å². The SMILES string of the molecule is O=C(NCC(O)C(F)F)c1c(F)cccc1Br. The highest BCUT2D eigenvalue weighted by molar-refractivity contribution is 9.10. The van der Waals surface area contributed by atoms with Crippen LogP contribution in [0, 0.1) is 5.82 Å². The van der Waals surface area contributed by atoms with E-state index in [9.17, 15) is 18.0 Å². The fraction of sp³-hybridized carbons (Fsp3) is 0.300. The average Bonchev–Trinajstić information content (AvgIpc) is 2.25. The molecule has 0 heterocycles. The number of hydrogen-bond acceptors (Lipinski definition) is 2. The fourth-order valence-corrected chi connectivity index (χ4v) is 1.61. The molecule has 7 heteroatoms. The number of aliphatic hydroxyl groups excluding tert-OH is 1. The topological polar surface area (TPSA) is 49.3 Å². The van der Waals surface area contributed by atoms with Gasteiger partial charge in [0.15, 0.2) is 0 Å². The third kappa shape index (κ3) is 3.71. The summed E-state index contributed by atoms with van der Waals surface area (Å²) in [5.41, 5.74) is -0.283. The van der Waals surface area contributed by atoms with Crippen molar-refractivity contribution < 1.29 is 23.1 Å². The zero-order valence-corrected chi connectivity index (χ0v) is 10.0. The molecule has 1 aromatic rings. The van der Waals surface area contributed by atoms with Gasteiger partial charge in [-0.1, -0.05) is 6.07 Å². The molecule has 17 heavy (non-hydrogen) atoms. The maximum Gasteiger partial charge on any atom is 0.265 e. The van der Waals surface area contributed by atoms with E-state index in [0.29, 0.717) is 0 Å². The highest BCUT2D eigenvalue weighted by atomic mass is 79.9. The number of hydrogen-bond donors (Lipinski definition) is 2. The Morgan fingerprint density at radius 1 is 1.47 bits per heavy atom. The van der Waals surface area contributed by atoms with Crippen molar-refractivity contribution in [2.45, 2.75) is 12.5 Å². The van der Waals surface area contributed by atoms with Crippen LogP contribution in [0.2, 0.25) is 0 Å². The molecule has 0 spiro atoms. The molecule has 3 nitrogen and oxygen atoms in total. The van der Waals surface area contributed by atoms with Crippen molar-refractivity contribution in [2.24, 2.45) is 0 Å². The number of aliphatic hydroxyl groups is 1. The molecule has 0 aliphatic carbocycles. The lowest BCUT2D eigenvalue weighted by atomic mass is 10.2. The fourth-order valence-electron chi connectivity index (χ4n) is 1.09. The Hall–Kier alpha value is -1.08. The molecule has 1 unspecified atom stereocenters. The van der Waals surface area contributed by atoms with Crippen molar-refractivity contribution in [1.29, 1.82) is 0 Å². The number of halogens is 4. The van der Waals surface area contributed by atoms with Gasteiger partial charge in [0.2, 0.25) is 0 Å². The summed E-state index contributed by atoms with van der Waals surface area (Å²) in [7, 11) is 0. The van der Waals surface area contributed by atoms with Gasteiger partial charge in [0, 0.05) is 11.0 Å². The van der Waals surface area contributed by atoms with Gasteiger partial charge in [-0.3, -0.25) is 4.79 Å². The quantitative estimate of drug-likeness (QED) is 0.893. The van der Waals surface area contributed by atoms with Crippen LogP contribution in [0.3, 0.4) is 0 Å². The largest absolute Gasteiger partial charge is 0.385 e. The molecule has 1 atom stereocenters. The summed E-state index contributed by atoms with van der Waals surface area (Å²) in [4.78, 5) is 11.5. The minimum absolute atomic E-state index is 0.210. The van der Waals surface area contributed by atoms with Crippen LogP contribution in [-0.2, 0) is 0 Å². The molecular weight excluding hydrogens is 303 g/mol. The highest BCUT2D eigenvalue weighted by Crippen LogP contribution is 2.19. The molecule has 0 fully saturated rings. The van der Waals surface area contributed by atoms with Gasteiger partial charge in [0.25, 0.3) is 12.3 Å². The molecule has 2 N–H and O–H groups in total. The zero-order chi connectivity index (χ0) is 13.0. The number of amides is 1. The van der Waals surface area contributed by atoms with E-state index in [1.807, 2.05) is 5.32 Å². The minimum Gasteiger partial charge on any atom is -0.385 e. The van der Waals surface area contributed by atoms with Crippen LogP contribution in [0.15, 0.2) is 22.7 Å². The second-order valence-corrected chi connectivity index (χ2v) is 4.06. The molecule has 94 valence electrons. The first-order valence-electron chi connectivity index (χ1n) is 4.62. The summed E-state index contributed by atoms with van der Waals surface area (Å²) in [5.74, 6) is -1.64. The highest BCUT2D eigenvalue weighted by Gasteiger charge is 2.20. The van der Waals surface area contributed by atoms with E-state index >= 15 is 0 Å². The first kappa shape index (κ1) is 14.0. The molecule has 0 aliphatic heterocycles. The average molecular weight is 312 g/mol. The van der Waals surface area contributed by atoms with E-state index in [-0.39, 0.29) is 10.0 Å². The first-order valence-corrected chi connectivity index (χ1v) is 5.41. The van der Waals surface area contributed by atoms with Gasteiger partial charge in [0.1, 0.15) is 11.9 Å². The number of carbonyl (C=O) groups excluding carboxylic acids is 1. The molecular formula is C10H9BrF3NO2. The second kappa shape index (κ2) is 6.02. The van der Waals surface area contributed by atoms with Crippen LogP contribution in [0.4, 0.5) is 13.2 Å². The molecule has 0 radical (unpaired) electrons. The lowest BCUT2D eigenvalue weighted by molar-refractivity contribution is -0.00272. The van der Waals surface area contributed by atoms with Crippen LogP contribution in [0.5, 0.6) is 0 Å². The van der Waals surface area contributed by atoms with Crippen LogP contribution in [0.1, 0.15) is 10.4 Å². The monoisotopic (exact) mass is 311 g/mol. The summed E-state index contributed by atoms with van der Waals surface area (Å²) in [6.07, 6.45) is -4.93. The smallest absolute Gasteiger partial charge is 0.265 e. The molecule has 1 rings (SSSR count). The van der Waals surface area contributed by atoms with E-state index in [2.05, 4.69) is 15.9 Å². The van der Waals surface area contributed by atoms with Gasteiger partial charge in [0.05, 0.1) is 5.56 Å². The van der Waals surface area contributed by atoms with E-state index in [4.69, 9.17) is 5.11 Å². The van der Waals surface area contributed by atoms with Crippen LogP contribution in [-0.4, -0.2) is 30.1 Å². The van der Waals surface area contributed by atoms with E-state index in [0.717, 1.165) is 6.07 Å². The number of alkyl halides is 2.